The maximum absolute atomic E-state index is 11.1. The Balaban J connectivity index is 3.27. The van der Waals surface area contributed by atoms with Crippen molar-refractivity contribution >= 4 is 23.9 Å². The van der Waals surface area contributed by atoms with Crippen LogP contribution in [-0.2, 0) is 28.7 Å². The van der Waals surface area contributed by atoms with E-state index in [0.717, 1.165) is 51.4 Å². The molecule has 6 nitrogen and oxygen atoms in total. The van der Waals surface area contributed by atoms with Gasteiger partial charge in [-0.2, -0.15) is 0 Å². The molecule has 0 aliphatic carbocycles. The van der Waals surface area contributed by atoms with E-state index in [-0.39, 0.29) is 12.8 Å². The Kier molecular flexibility index (Phi) is 12.0. The molecule has 6 heteroatoms. The molecule has 0 atom stereocenters. The number of hydrogen-bond donors (Lipinski definition) is 0. The van der Waals surface area contributed by atoms with Crippen molar-refractivity contribution in [1.29, 1.82) is 0 Å². The molecule has 0 aromatic heterocycles. The summed E-state index contributed by atoms with van der Waals surface area (Å²) in [6.45, 7) is 2.44. The first-order valence-electron chi connectivity index (χ1n) is 7.84. The van der Waals surface area contributed by atoms with Crippen LogP contribution in [0, 0.1) is 0 Å². The molecular formula is C16H26O6. The van der Waals surface area contributed by atoms with Gasteiger partial charge in [0.05, 0.1) is 0 Å². The van der Waals surface area contributed by atoms with E-state index in [4.69, 9.17) is 0 Å². The van der Waals surface area contributed by atoms with Crippen molar-refractivity contribution < 1.29 is 28.7 Å². The van der Waals surface area contributed by atoms with E-state index < -0.39 is 23.9 Å². The maximum Gasteiger partial charge on any atom is 0.313 e. The first-order valence-corrected chi connectivity index (χ1v) is 7.84. The first-order chi connectivity index (χ1) is 10.4. The molecule has 22 heavy (non-hydrogen) atoms. The number of unbranched alkanes of at least 4 members (excludes halogenated alkanes) is 7. The van der Waals surface area contributed by atoms with Crippen LogP contribution in [0.4, 0.5) is 0 Å². The van der Waals surface area contributed by atoms with Gasteiger partial charge in [0, 0.05) is 26.7 Å². The largest absolute Gasteiger partial charge is 0.393 e. The third kappa shape index (κ3) is 14.7. The number of esters is 4. The third-order valence-electron chi connectivity index (χ3n) is 3.03. The molecule has 0 aromatic rings. The first kappa shape index (κ1) is 20.3. The summed E-state index contributed by atoms with van der Waals surface area (Å²) in [6, 6.07) is 0. The van der Waals surface area contributed by atoms with Gasteiger partial charge in [-0.3, -0.25) is 19.2 Å². The summed E-state index contributed by atoms with van der Waals surface area (Å²) >= 11 is 0. The van der Waals surface area contributed by atoms with Gasteiger partial charge in [-0.05, 0) is 12.8 Å². The molecule has 0 N–H and O–H groups in total. The summed E-state index contributed by atoms with van der Waals surface area (Å²) in [5, 5.41) is 0. The molecule has 0 bridgehead atoms. The fraction of sp³-hybridized carbons (Fsp3) is 0.750. The standard InChI is InChI=1S/C16H26O6/c1-13(17)21-15(19)11-9-7-5-3-4-6-8-10-12-16(20)22-14(2)18/h3-12H2,1-2H3. The average Bonchev–Trinajstić information content (AvgIpc) is 2.39. The Hall–Kier alpha value is -1.72. The smallest absolute Gasteiger partial charge is 0.313 e. The lowest BCUT2D eigenvalue weighted by atomic mass is 10.1. The van der Waals surface area contributed by atoms with Gasteiger partial charge in [0.1, 0.15) is 0 Å². The summed E-state index contributed by atoms with van der Waals surface area (Å²) in [5.41, 5.74) is 0. The predicted molar refractivity (Wildman–Crippen MR) is 79.7 cm³/mol. The van der Waals surface area contributed by atoms with Crippen LogP contribution < -0.4 is 0 Å². The molecule has 0 radical (unpaired) electrons. The molecule has 0 saturated heterocycles. The number of hydrogen-bond acceptors (Lipinski definition) is 6. The van der Waals surface area contributed by atoms with Gasteiger partial charge in [-0.25, -0.2) is 0 Å². The quantitative estimate of drug-likeness (QED) is 0.331. The Morgan fingerprint density at radius 1 is 0.545 bits per heavy atom. The van der Waals surface area contributed by atoms with Gasteiger partial charge in [0.2, 0.25) is 0 Å². The van der Waals surface area contributed by atoms with Crippen LogP contribution in [0.2, 0.25) is 0 Å². The van der Waals surface area contributed by atoms with E-state index in [0.29, 0.717) is 0 Å². The highest BCUT2D eigenvalue weighted by Crippen LogP contribution is 2.11. The van der Waals surface area contributed by atoms with Crippen molar-refractivity contribution in [3.8, 4) is 0 Å². The fourth-order valence-electron chi connectivity index (χ4n) is 2.02. The van der Waals surface area contributed by atoms with Crippen molar-refractivity contribution in [1.82, 2.24) is 0 Å². The molecule has 0 aliphatic rings. The van der Waals surface area contributed by atoms with Gasteiger partial charge >= 0.3 is 23.9 Å². The van der Waals surface area contributed by atoms with Crippen molar-refractivity contribution in [3.05, 3.63) is 0 Å². The van der Waals surface area contributed by atoms with Crippen molar-refractivity contribution in [2.24, 2.45) is 0 Å². The fourth-order valence-corrected chi connectivity index (χ4v) is 2.02. The van der Waals surface area contributed by atoms with Crippen LogP contribution in [-0.4, -0.2) is 23.9 Å². The minimum Gasteiger partial charge on any atom is -0.393 e. The van der Waals surface area contributed by atoms with E-state index in [1.807, 2.05) is 0 Å². The van der Waals surface area contributed by atoms with Crippen LogP contribution in [0.25, 0.3) is 0 Å². The Morgan fingerprint density at radius 2 is 0.818 bits per heavy atom. The lowest BCUT2D eigenvalue weighted by molar-refractivity contribution is -0.159. The molecule has 0 aromatic carbocycles. The second-order valence-corrected chi connectivity index (χ2v) is 5.26. The molecule has 0 heterocycles. The van der Waals surface area contributed by atoms with E-state index >= 15 is 0 Å². The summed E-state index contributed by atoms with van der Waals surface area (Å²) in [6.07, 6.45) is 8.19. The predicted octanol–water partition coefficient (Wildman–Crippen LogP) is 3.07. The summed E-state index contributed by atoms with van der Waals surface area (Å²) in [4.78, 5) is 43.2. The zero-order valence-electron chi connectivity index (χ0n) is 13.5. The molecular weight excluding hydrogens is 288 g/mol. The highest BCUT2D eigenvalue weighted by Gasteiger charge is 2.06. The van der Waals surface area contributed by atoms with Gasteiger partial charge < -0.3 is 9.47 Å². The molecule has 0 rings (SSSR count). The van der Waals surface area contributed by atoms with E-state index in [1.54, 1.807) is 0 Å². The normalized spacial score (nSPS) is 10.1. The Labute approximate surface area is 131 Å². The van der Waals surface area contributed by atoms with Gasteiger partial charge in [-0.15, -0.1) is 0 Å². The highest BCUT2D eigenvalue weighted by atomic mass is 16.6. The van der Waals surface area contributed by atoms with Crippen molar-refractivity contribution in [3.63, 3.8) is 0 Å². The summed E-state index contributed by atoms with van der Waals surface area (Å²) in [7, 11) is 0. The van der Waals surface area contributed by atoms with Crippen LogP contribution in [0.15, 0.2) is 0 Å². The molecule has 0 spiro atoms. The van der Waals surface area contributed by atoms with E-state index in [1.165, 1.54) is 13.8 Å². The van der Waals surface area contributed by atoms with E-state index in [9.17, 15) is 19.2 Å². The maximum atomic E-state index is 11.1. The SMILES string of the molecule is CC(=O)OC(=O)CCCCCCCCCCC(=O)OC(C)=O. The van der Waals surface area contributed by atoms with Crippen LogP contribution >= 0.6 is 0 Å². The minimum absolute atomic E-state index is 0.290. The molecule has 0 aliphatic heterocycles. The monoisotopic (exact) mass is 314 g/mol. The van der Waals surface area contributed by atoms with Gasteiger partial charge in [0.15, 0.2) is 0 Å². The average molecular weight is 314 g/mol. The zero-order valence-corrected chi connectivity index (χ0v) is 13.5. The minimum atomic E-state index is -0.558. The van der Waals surface area contributed by atoms with Crippen LogP contribution in [0.3, 0.4) is 0 Å². The van der Waals surface area contributed by atoms with Gasteiger partial charge in [-0.1, -0.05) is 38.5 Å². The Bertz CT molecular complexity index is 339. The summed E-state index contributed by atoms with van der Waals surface area (Å²) < 4.78 is 8.86. The molecule has 126 valence electrons. The highest BCUT2D eigenvalue weighted by molar-refractivity contribution is 5.84. The number of carbonyl (C=O) groups is 4. The third-order valence-corrected chi connectivity index (χ3v) is 3.03. The van der Waals surface area contributed by atoms with Crippen molar-refractivity contribution in [2.45, 2.75) is 78.1 Å². The zero-order chi connectivity index (χ0) is 16.8. The number of ether oxygens (including phenoxy) is 2. The van der Waals surface area contributed by atoms with Crippen LogP contribution in [0.1, 0.15) is 78.1 Å². The second-order valence-electron chi connectivity index (χ2n) is 5.26. The molecule has 0 fully saturated rings. The lowest BCUT2D eigenvalue weighted by Gasteiger charge is -2.03. The van der Waals surface area contributed by atoms with Gasteiger partial charge in [0.25, 0.3) is 0 Å². The number of carbonyl (C=O) groups excluding carboxylic acids is 4. The van der Waals surface area contributed by atoms with Crippen LogP contribution in [0.5, 0.6) is 0 Å². The van der Waals surface area contributed by atoms with E-state index in [2.05, 4.69) is 9.47 Å². The Morgan fingerprint density at radius 3 is 1.09 bits per heavy atom. The summed E-state index contributed by atoms with van der Waals surface area (Å²) in [5.74, 6) is -2.02. The number of rotatable bonds is 11. The van der Waals surface area contributed by atoms with Crippen molar-refractivity contribution in [2.75, 3.05) is 0 Å². The molecule has 0 amide bonds. The second kappa shape index (κ2) is 13.0. The molecule has 0 saturated carbocycles. The topological polar surface area (TPSA) is 86.7 Å². The lowest BCUT2D eigenvalue weighted by Crippen LogP contribution is -2.08. The molecule has 0 unspecified atom stereocenters.